The van der Waals surface area contributed by atoms with Gasteiger partial charge in [-0.25, -0.2) is 4.98 Å². The van der Waals surface area contributed by atoms with E-state index < -0.39 is 0 Å². The van der Waals surface area contributed by atoms with Crippen LogP contribution in [-0.4, -0.2) is 65.5 Å². The molecule has 0 unspecified atom stereocenters. The van der Waals surface area contributed by atoms with Crippen molar-refractivity contribution >= 4 is 44.9 Å². The molecule has 184 valence electrons. The first-order valence-corrected chi connectivity index (χ1v) is 13.1. The number of hydrogen-bond acceptors (Lipinski definition) is 7. The van der Waals surface area contributed by atoms with Crippen LogP contribution in [0.3, 0.4) is 0 Å². The zero-order valence-electron chi connectivity index (χ0n) is 20.2. The number of aryl methyl sites for hydroxylation is 2. The zero-order valence-corrected chi connectivity index (χ0v) is 21.1. The summed E-state index contributed by atoms with van der Waals surface area (Å²) in [4.78, 5) is 35.9. The van der Waals surface area contributed by atoms with Gasteiger partial charge < -0.3 is 19.9 Å². The smallest absolute Gasteiger partial charge is 0.257 e. The van der Waals surface area contributed by atoms with E-state index in [1.54, 1.807) is 6.20 Å². The zero-order chi connectivity index (χ0) is 24.4. The summed E-state index contributed by atoms with van der Waals surface area (Å²) in [6, 6.07) is 8.04. The maximum Gasteiger partial charge on any atom is 0.257 e. The summed E-state index contributed by atoms with van der Waals surface area (Å²) in [5.74, 6) is -0.0139. The van der Waals surface area contributed by atoms with E-state index in [9.17, 15) is 9.59 Å². The van der Waals surface area contributed by atoms with Crippen molar-refractivity contribution in [3.8, 4) is 0 Å². The predicted octanol–water partition coefficient (Wildman–Crippen LogP) is 3.89. The Morgan fingerprint density at radius 1 is 1.11 bits per heavy atom. The molecule has 1 aromatic carbocycles. The molecule has 8 nitrogen and oxygen atoms in total. The van der Waals surface area contributed by atoms with Gasteiger partial charge in [0.05, 0.1) is 35.5 Å². The van der Waals surface area contributed by atoms with Crippen LogP contribution in [0, 0.1) is 12.8 Å². The fourth-order valence-electron chi connectivity index (χ4n) is 4.89. The number of carbonyl (C=O) groups excluding carboxylic acids is 2. The van der Waals surface area contributed by atoms with E-state index in [1.165, 1.54) is 17.1 Å². The summed E-state index contributed by atoms with van der Waals surface area (Å²) < 4.78 is 9.94. The monoisotopic (exact) mass is 493 g/mol. The first-order chi connectivity index (χ1) is 17.0. The number of carbonyl (C=O) groups is 2. The third-order valence-electron chi connectivity index (χ3n) is 6.99. The number of amides is 2. The number of morpholine rings is 1. The second kappa shape index (κ2) is 10.3. The number of benzene rings is 1. The van der Waals surface area contributed by atoms with Crippen LogP contribution >= 0.6 is 11.5 Å². The molecule has 2 aromatic heterocycles. The maximum atomic E-state index is 13.5. The molecular weight excluding hydrogens is 462 g/mol. The maximum absolute atomic E-state index is 13.5. The fraction of sp³-hybridized carbons (Fsp3) is 0.462. The molecule has 2 amide bonds. The second-order valence-electron chi connectivity index (χ2n) is 9.17. The van der Waals surface area contributed by atoms with Gasteiger partial charge in [-0.1, -0.05) is 19.1 Å². The minimum atomic E-state index is -0.0606. The lowest BCUT2D eigenvalue weighted by Crippen LogP contribution is -2.42. The molecule has 0 bridgehead atoms. The standard InChI is InChI=1S/C26H31N5O3S/c1-3-18-4-6-20(7-5-18)28-24(32)19-8-10-30(11-9-19)23-21(26(33)31-12-14-34-15-13-31)16-27-25-22(23)17(2)29-35-25/h4-7,16,19H,3,8-15H2,1-2H3,(H,28,32). The number of pyridine rings is 1. The minimum Gasteiger partial charge on any atom is -0.378 e. The van der Waals surface area contributed by atoms with Crippen LogP contribution < -0.4 is 10.2 Å². The van der Waals surface area contributed by atoms with Crippen molar-refractivity contribution in [3.05, 3.63) is 47.3 Å². The number of hydrogen-bond donors (Lipinski definition) is 1. The first kappa shape index (κ1) is 23.7. The van der Waals surface area contributed by atoms with E-state index in [0.717, 1.165) is 46.5 Å². The Balaban J connectivity index is 1.34. The Morgan fingerprint density at radius 2 is 1.83 bits per heavy atom. The van der Waals surface area contributed by atoms with Gasteiger partial charge in [0.25, 0.3) is 5.91 Å². The number of rotatable bonds is 5. The number of ether oxygens (including phenoxy) is 1. The molecule has 0 radical (unpaired) electrons. The van der Waals surface area contributed by atoms with Gasteiger partial charge in [0, 0.05) is 44.0 Å². The van der Waals surface area contributed by atoms with Crippen molar-refractivity contribution < 1.29 is 14.3 Å². The quantitative estimate of drug-likeness (QED) is 0.580. The van der Waals surface area contributed by atoms with E-state index in [0.29, 0.717) is 45.0 Å². The lowest BCUT2D eigenvalue weighted by atomic mass is 9.94. The second-order valence-corrected chi connectivity index (χ2v) is 9.93. The van der Waals surface area contributed by atoms with Gasteiger partial charge in [0.1, 0.15) is 4.83 Å². The van der Waals surface area contributed by atoms with Gasteiger partial charge in [0.2, 0.25) is 5.91 Å². The number of aromatic nitrogens is 2. The highest BCUT2D eigenvalue weighted by molar-refractivity contribution is 7.13. The molecule has 4 heterocycles. The Kier molecular flexibility index (Phi) is 6.97. The summed E-state index contributed by atoms with van der Waals surface area (Å²) in [6.45, 7) is 7.75. The van der Waals surface area contributed by atoms with Crippen LogP contribution in [0.15, 0.2) is 30.5 Å². The molecule has 2 fully saturated rings. The van der Waals surface area contributed by atoms with Gasteiger partial charge in [-0.05, 0) is 55.4 Å². The van der Waals surface area contributed by atoms with Gasteiger partial charge in [-0.3, -0.25) is 9.59 Å². The van der Waals surface area contributed by atoms with E-state index in [1.807, 2.05) is 24.0 Å². The Labute approximate surface area is 209 Å². The van der Waals surface area contributed by atoms with Crippen molar-refractivity contribution in [2.75, 3.05) is 49.6 Å². The van der Waals surface area contributed by atoms with Crippen LogP contribution in [0.2, 0.25) is 0 Å². The van der Waals surface area contributed by atoms with E-state index in [-0.39, 0.29) is 17.7 Å². The number of nitrogens with one attached hydrogen (secondary N) is 1. The normalized spacial score (nSPS) is 17.1. The van der Waals surface area contributed by atoms with Gasteiger partial charge >= 0.3 is 0 Å². The Morgan fingerprint density at radius 3 is 2.51 bits per heavy atom. The van der Waals surface area contributed by atoms with Crippen molar-refractivity contribution in [1.29, 1.82) is 0 Å². The number of anilines is 2. The molecule has 35 heavy (non-hydrogen) atoms. The predicted molar refractivity (Wildman–Crippen MR) is 138 cm³/mol. The molecule has 5 rings (SSSR count). The van der Waals surface area contributed by atoms with Crippen molar-refractivity contribution in [1.82, 2.24) is 14.3 Å². The highest BCUT2D eigenvalue weighted by atomic mass is 32.1. The molecule has 2 saturated heterocycles. The lowest BCUT2D eigenvalue weighted by Gasteiger charge is -2.35. The Bertz CT molecular complexity index is 1210. The summed E-state index contributed by atoms with van der Waals surface area (Å²) >= 11 is 1.36. The summed E-state index contributed by atoms with van der Waals surface area (Å²) in [5.41, 5.74) is 4.50. The summed E-state index contributed by atoms with van der Waals surface area (Å²) in [6.07, 6.45) is 4.13. The van der Waals surface area contributed by atoms with Crippen molar-refractivity contribution in [2.24, 2.45) is 5.92 Å². The highest BCUT2D eigenvalue weighted by Crippen LogP contribution is 2.37. The molecule has 0 atom stereocenters. The van der Waals surface area contributed by atoms with Gasteiger partial charge in [-0.2, -0.15) is 4.37 Å². The van der Waals surface area contributed by atoms with Crippen molar-refractivity contribution in [3.63, 3.8) is 0 Å². The number of nitrogens with zero attached hydrogens (tertiary/aromatic N) is 4. The average Bonchev–Trinajstić information content (AvgIpc) is 3.29. The minimum absolute atomic E-state index is 0.0151. The number of piperidine rings is 1. The third-order valence-corrected chi connectivity index (χ3v) is 7.84. The van der Waals surface area contributed by atoms with E-state index in [2.05, 4.69) is 38.6 Å². The van der Waals surface area contributed by atoms with Crippen LogP contribution in [0.5, 0.6) is 0 Å². The highest BCUT2D eigenvalue weighted by Gasteiger charge is 2.31. The first-order valence-electron chi connectivity index (χ1n) is 12.3. The fourth-order valence-corrected chi connectivity index (χ4v) is 5.64. The molecule has 2 aliphatic rings. The van der Waals surface area contributed by atoms with Crippen LogP contribution in [0.1, 0.15) is 41.4 Å². The number of fused-ring (bicyclic) bond motifs is 1. The van der Waals surface area contributed by atoms with Crippen LogP contribution in [0.25, 0.3) is 10.2 Å². The molecule has 3 aromatic rings. The average molecular weight is 494 g/mol. The SMILES string of the molecule is CCc1ccc(NC(=O)C2CCN(c3c(C(=O)N4CCOCC4)cnc4snc(C)c34)CC2)cc1. The summed E-state index contributed by atoms with van der Waals surface area (Å²) in [5, 5.41) is 4.03. The molecule has 2 aliphatic heterocycles. The Hall–Kier alpha value is -3.04. The van der Waals surface area contributed by atoms with Crippen LogP contribution in [-0.2, 0) is 16.0 Å². The molecule has 0 spiro atoms. The molecule has 0 aliphatic carbocycles. The van der Waals surface area contributed by atoms with Gasteiger partial charge in [0.15, 0.2) is 0 Å². The molecular formula is C26H31N5O3S. The van der Waals surface area contributed by atoms with Crippen LogP contribution in [0.4, 0.5) is 11.4 Å². The van der Waals surface area contributed by atoms with Gasteiger partial charge in [-0.15, -0.1) is 0 Å². The molecule has 9 heteroatoms. The largest absolute Gasteiger partial charge is 0.378 e. The van der Waals surface area contributed by atoms with E-state index in [4.69, 9.17) is 4.74 Å². The summed E-state index contributed by atoms with van der Waals surface area (Å²) in [7, 11) is 0. The van der Waals surface area contributed by atoms with Crippen molar-refractivity contribution in [2.45, 2.75) is 33.1 Å². The lowest BCUT2D eigenvalue weighted by molar-refractivity contribution is -0.120. The topological polar surface area (TPSA) is 87.7 Å². The molecule has 0 saturated carbocycles. The molecule has 1 N–H and O–H groups in total. The third kappa shape index (κ3) is 4.88. The van der Waals surface area contributed by atoms with E-state index >= 15 is 0 Å².